The molecule has 0 aliphatic heterocycles. The molecule has 0 aliphatic rings. The maximum absolute atomic E-state index is 12.5. The van der Waals surface area contributed by atoms with Gasteiger partial charge in [-0.1, -0.05) is 47.7 Å². The number of ether oxygens (including phenoxy) is 1. The lowest BCUT2D eigenvalue weighted by Gasteiger charge is -2.09. The second-order valence-corrected chi connectivity index (χ2v) is 6.41. The second-order valence-electron chi connectivity index (χ2n) is 5.37. The van der Waals surface area contributed by atoms with Gasteiger partial charge in [0.2, 0.25) is 5.82 Å². The smallest absolute Gasteiger partial charge is 0.289 e. The Morgan fingerprint density at radius 1 is 1.16 bits per heavy atom. The van der Waals surface area contributed by atoms with Crippen LogP contribution in [0.2, 0.25) is 0 Å². The van der Waals surface area contributed by atoms with Gasteiger partial charge in [-0.05, 0) is 29.8 Å². The molecular formula is C17H16F2N4OS. The Morgan fingerprint density at radius 3 is 2.60 bits per heavy atom. The summed E-state index contributed by atoms with van der Waals surface area (Å²) in [6.07, 6.45) is 0. The monoisotopic (exact) mass is 362 g/mol. The van der Waals surface area contributed by atoms with Gasteiger partial charge in [-0.25, -0.2) is 0 Å². The van der Waals surface area contributed by atoms with Crippen LogP contribution in [0.1, 0.15) is 11.1 Å². The van der Waals surface area contributed by atoms with Gasteiger partial charge in [0.15, 0.2) is 0 Å². The Balaban J connectivity index is 1.77. The summed E-state index contributed by atoms with van der Waals surface area (Å²) >= 11 is 0.458. The zero-order valence-corrected chi connectivity index (χ0v) is 14.5. The highest BCUT2D eigenvalue weighted by Crippen LogP contribution is 2.34. The number of halogens is 2. The molecule has 3 aromatic rings. The van der Waals surface area contributed by atoms with Gasteiger partial charge < -0.3 is 4.74 Å². The van der Waals surface area contributed by atoms with Crippen molar-refractivity contribution in [2.24, 2.45) is 0 Å². The number of thioether (sulfide) groups is 1. The quantitative estimate of drug-likeness (QED) is 0.620. The molecule has 0 atom stereocenters. The van der Waals surface area contributed by atoms with Crippen LogP contribution in [0.25, 0.3) is 11.4 Å². The molecule has 0 saturated carbocycles. The van der Waals surface area contributed by atoms with Crippen LogP contribution in [0.4, 0.5) is 8.78 Å². The van der Waals surface area contributed by atoms with Crippen molar-refractivity contribution in [2.45, 2.75) is 24.1 Å². The molecule has 0 fully saturated rings. The highest BCUT2D eigenvalue weighted by molar-refractivity contribution is 7.99. The van der Waals surface area contributed by atoms with Gasteiger partial charge in [0.05, 0.1) is 18.6 Å². The molecule has 0 saturated heterocycles. The molecule has 130 valence electrons. The van der Waals surface area contributed by atoms with E-state index in [2.05, 4.69) is 15.4 Å². The van der Waals surface area contributed by atoms with Gasteiger partial charge >= 0.3 is 0 Å². The fourth-order valence-electron chi connectivity index (χ4n) is 2.30. The summed E-state index contributed by atoms with van der Waals surface area (Å²) < 4.78 is 30.3. The average molecular weight is 362 g/mol. The molecule has 3 rings (SSSR count). The number of hydrogen-bond acceptors (Lipinski definition) is 5. The van der Waals surface area contributed by atoms with Crippen LogP contribution in [-0.4, -0.2) is 33.1 Å². The first-order chi connectivity index (χ1) is 12.0. The lowest BCUT2D eigenvalue weighted by molar-refractivity contribution is 0.251. The summed E-state index contributed by atoms with van der Waals surface area (Å²) in [6, 6.07) is 12.9. The number of hydrogen-bond donors (Lipinski definition) is 0. The van der Waals surface area contributed by atoms with Crippen molar-refractivity contribution in [3.05, 3.63) is 53.6 Å². The van der Waals surface area contributed by atoms with Crippen molar-refractivity contribution in [2.75, 3.05) is 7.11 Å². The molecule has 0 unspecified atom stereocenters. The van der Waals surface area contributed by atoms with E-state index in [0.717, 1.165) is 16.7 Å². The third kappa shape index (κ3) is 4.33. The van der Waals surface area contributed by atoms with Crippen molar-refractivity contribution >= 4 is 11.8 Å². The van der Waals surface area contributed by atoms with E-state index in [1.54, 1.807) is 18.2 Å². The van der Waals surface area contributed by atoms with Gasteiger partial charge in [0, 0.05) is 5.56 Å². The highest BCUT2D eigenvalue weighted by Gasteiger charge is 2.12. The van der Waals surface area contributed by atoms with Gasteiger partial charge in [-0.2, -0.15) is 13.6 Å². The van der Waals surface area contributed by atoms with E-state index < -0.39 is 5.76 Å². The Hall–Kier alpha value is -2.48. The minimum Gasteiger partial charge on any atom is -0.496 e. The van der Waals surface area contributed by atoms with E-state index in [0.29, 0.717) is 34.8 Å². The SMILES string of the molecule is COc1cc(Cn2nnc(-c3ccc(C)cc3)n2)ccc1SC(F)F. The number of aromatic nitrogens is 4. The van der Waals surface area contributed by atoms with Gasteiger partial charge in [-0.15, -0.1) is 10.2 Å². The summed E-state index contributed by atoms with van der Waals surface area (Å²) in [4.78, 5) is 1.86. The van der Waals surface area contributed by atoms with Gasteiger partial charge in [0.25, 0.3) is 5.76 Å². The zero-order valence-electron chi connectivity index (χ0n) is 13.7. The number of alkyl halides is 2. The van der Waals surface area contributed by atoms with Gasteiger partial charge in [-0.3, -0.25) is 0 Å². The second kappa shape index (κ2) is 7.60. The minimum atomic E-state index is -2.49. The van der Waals surface area contributed by atoms with Crippen molar-refractivity contribution in [1.82, 2.24) is 20.2 Å². The molecule has 0 spiro atoms. The van der Waals surface area contributed by atoms with Crippen molar-refractivity contribution < 1.29 is 13.5 Å². The van der Waals surface area contributed by atoms with Crippen molar-refractivity contribution in [1.29, 1.82) is 0 Å². The lowest BCUT2D eigenvalue weighted by atomic mass is 10.1. The van der Waals surface area contributed by atoms with Crippen LogP contribution in [-0.2, 0) is 6.54 Å². The summed E-state index contributed by atoms with van der Waals surface area (Å²) in [5.41, 5.74) is 2.88. The van der Waals surface area contributed by atoms with E-state index in [1.807, 2.05) is 31.2 Å². The van der Waals surface area contributed by atoms with E-state index >= 15 is 0 Å². The fourth-order valence-corrected chi connectivity index (χ4v) is 2.89. The molecule has 2 aromatic carbocycles. The van der Waals surface area contributed by atoms with E-state index in [-0.39, 0.29) is 0 Å². The summed E-state index contributed by atoms with van der Waals surface area (Å²) in [5.74, 6) is -1.55. The standard InChI is InChI=1S/C17H16F2N4OS/c1-11-3-6-13(7-4-11)16-20-22-23(21-16)10-12-5-8-15(25-17(18)19)14(9-12)24-2/h3-9,17H,10H2,1-2H3. The number of aryl methyl sites for hydroxylation is 1. The number of rotatable bonds is 6. The third-order valence-electron chi connectivity index (χ3n) is 3.53. The molecule has 8 heteroatoms. The van der Waals surface area contributed by atoms with Crippen LogP contribution >= 0.6 is 11.8 Å². The lowest BCUT2D eigenvalue weighted by Crippen LogP contribution is -2.04. The molecular weight excluding hydrogens is 346 g/mol. The molecule has 0 amide bonds. The zero-order chi connectivity index (χ0) is 17.8. The molecule has 1 heterocycles. The fraction of sp³-hybridized carbons (Fsp3) is 0.235. The average Bonchev–Trinajstić information content (AvgIpc) is 3.05. The number of tetrazole rings is 1. The number of methoxy groups -OCH3 is 1. The molecule has 0 N–H and O–H groups in total. The summed E-state index contributed by atoms with van der Waals surface area (Å²) in [6.45, 7) is 2.38. The minimum absolute atomic E-state index is 0.370. The van der Waals surface area contributed by atoms with E-state index in [1.165, 1.54) is 11.9 Å². The number of benzene rings is 2. The molecule has 0 radical (unpaired) electrons. The predicted octanol–water partition coefficient (Wildman–Crippen LogP) is 4.02. The number of nitrogens with zero attached hydrogens (tertiary/aromatic N) is 4. The molecule has 5 nitrogen and oxygen atoms in total. The predicted molar refractivity (Wildman–Crippen MR) is 91.9 cm³/mol. The van der Waals surface area contributed by atoms with Crippen LogP contribution in [0.5, 0.6) is 5.75 Å². The van der Waals surface area contributed by atoms with Crippen molar-refractivity contribution in [3.8, 4) is 17.1 Å². The maximum atomic E-state index is 12.5. The summed E-state index contributed by atoms with van der Waals surface area (Å²) in [7, 11) is 1.46. The largest absolute Gasteiger partial charge is 0.496 e. The maximum Gasteiger partial charge on any atom is 0.289 e. The normalized spacial score (nSPS) is 11.1. The molecule has 0 bridgehead atoms. The van der Waals surface area contributed by atoms with Crippen LogP contribution in [0.3, 0.4) is 0 Å². The highest BCUT2D eigenvalue weighted by atomic mass is 32.2. The molecule has 1 aromatic heterocycles. The van der Waals surface area contributed by atoms with Gasteiger partial charge in [0.1, 0.15) is 5.75 Å². The summed E-state index contributed by atoms with van der Waals surface area (Å²) in [5, 5.41) is 12.5. The van der Waals surface area contributed by atoms with Crippen LogP contribution < -0.4 is 4.74 Å². The van der Waals surface area contributed by atoms with E-state index in [9.17, 15) is 8.78 Å². The Labute approximate surface area is 148 Å². The Kier molecular flexibility index (Phi) is 5.28. The Morgan fingerprint density at radius 2 is 1.92 bits per heavy atom. The van der Waals surface area contributed by atoms with E-state index in [4.69, 9.17) is 4.74 Å². The first-order valence-corrected chi connectivity index (χ1v) is 8.39. The van der Waals surface area contributed by atoms with Crippen molar-refractivity contribution in [3.63, 3.8) is 0 Å². The third-order valence-corrected chi connectivity index (χ3v) is 4.30. The van der Waals surface area contributed by atoms with Crippen LogP contribution in [0, 0.1) is 6.92 Å². The topological polar surface area (TPSA) is 52.8 Å². The van der Waals surface area contributed by atoms with Crippen LogP contribution in [0.15, 0.2) is 47.4 Å². The Bertz CT molecular complexity index is 852. The first-order valence-electron chi connectivity index (χ1n) is 7.52. The molecule has 0 aliphatic carbocycles. The first kappa shape index (κ1) is 17.3. The molecule has 25 heavy (non-hydrogen) atoms.